The zero-order valence-electron chi connectivity index (χ0n) is 24.2. The third-order valence-corrected chi connectivity index (χ3v) is 8.39. The molecule has 8 rings (SSSR count). The summed E-state index contributed by atoms with van der Waals surface area (Å²) in [6, 6.07) is 65.1. The summed E-state index contributed by atoms with van der Waals surface area (Å²) in [5, 5.41) is 2.46. The van der Waals surface area contributed by atoms with Crippen molar-refractivity contribution < 1.29 is 0 Å². The van der Waals surface area contributed by atoms with E-state index >= 15 is 0 Å². The van der Waals surface area contributed by atoms with Crippen LogP contribution in [-0.2, 0) is 0 Å². The van der Waals surface area contributed by atoms with E-state index in [1.807, 2.05) is 0 Å². The Balaban J connectivity index is 1.42. The molecule has 0 saturated heterocycles. The van der Waals surface area contributed by atoms with Crippen LogP contribution in [0.25, 0.3) is 49.7 Å². The van der Waals surface area contributed by atoms with Crippen LogP contribution >= 0.6 is 0 Å². The first-order chi connectivity index (χ1) is 21.9. The zero-order valence-corrected chi connectivity index (χ0v) is 24.2. The number of nitrogens with zero attached hydrogens (tertiary/aromatic N) is 2. The molecule has 1 aromatic heterocycles. The normalized spacial score (nSPS) is 11.2. The number of benzene rings is 7. The SMILES string of the molecule is c1ccc(-c2ccccc2N(c2ccc3c(c2)c2ccccc2n3-c2ccccc2)c2ccccc2-c2ccccc2)cc1. The Kier molecular flexibility index (Phi) is 6.51. The number of hydrogen-bond donors (Lipinski definition) is 0. The minimum atomic E-state index is 1.11. The molecule has 0 aliphatic carbocycles. The second-order valence-electron chi connectivity index (χ2n) is 11.0. The molecule has 0 N–H and O–H groups in total. The number of rotatable bonds is 6. The number of aromatic nitrogens is 1. The zero-order chi connectivity index (χ0) is 29.3. The largest absolute Gasteiger partial charge is 0.309 e. The van der Waals surface area contributed by atoms with Crippen LogP contribution in [0, 0.1) is 0 Å². The van der Waals surface area contributed by atoms with Gasteiger partial charge in [0.25, 0.3) is 0 Å². The second kappa shape index (κ2) is 11.1. The molecule has 8 aromatic rings. The van der Waals surface area contributed by atoms with Crippen molar-refractivity contribution in [2.45, 2.75) is 0 Å². The summed E-state index contributed by atoms with van der Waals surface area (Å²) in [5.41, 5.74) is 11.7. The maximum Gasteiger partial charge on any atom is 0.0542 e. The highest BCUT2D eigenvalue weighted by Crippen LogP contribution is 2.46. The Labute approximate surface area is 257 Å². The molecule has 2 heteroatoms. The number of fused-ring (bicyclic) bond motifs is 3. The van der Waals surface area contributed by atoms with E-state index in [-0.39, 0.29) is 0 Å². The second-order valence-corrected chi connectivity index (χ2v) is 11.0. The first-order valence-electron chi connectivity index (χ1n) is 15.0. The van der Waals surface area contributed by atoms with Crippen LogP contribution in [-0.4, -0.2) is 4.57 Å². The molecule has 0 radical (unpaired) electrons. The van der Waals surface area contributed by atoms with Gasteiger partial charge in [0.2, 0.25) is 0 Å². The van der Waals surface area contributed by atoms with Crippen LogP contribution < -0.4 is 4.90 Å². The van der Waals surface area contributed by atoms with Crippen molar-refractivity contribution in [2.75, 3.05) is 4.90 Å². The van der Waals surface area contributed by atoms with Gasteiger partial charge in [-0.05, 0) is 59.7 Å². The highest BCUT2D eigenvalue weighted by atomic mass is 15.1. The molecule has 0 spiro atoms. The lowest BCUT2D eigenvalue weighted by molar-refractivity contribution is 1.18. The highest BCUT2D eigenvalue weighted by molar-refractivity contribution is 6.11. The number of hydrogen-bond acceptors (Lipinski definition) is 1. The van der Waals surface area contributed by atoms with E-state index in [2.05, 4.69) is 191 Å². The third kappa shape index (κ3) is 4.45. The van der Waals surface area contributed by atoms with Crippen molar-refractivity contribution in [1.82, 2.24) is 4.57 Å². The van der Waals surface area contributed by atoms with Crippen molar-refractivity contribution in [1.29, 1.82) is 0 Å². The van der Waals surface area contributed by atoms with E-state index < -0.39 is 0 Å². The molecule has 0 aliphatic rings. The van der Waals surface area contributed by atoms with Crippen LogP contribution in [0.2, 0.25) is 0 Å². The Morgan fingerprint density at radius 3 is 1.45 bits per heavy atom. The molecule has 208 valence electrons. The van der Waals surface area contributed by atoms with Crippen LogP contribution in [0.4, 0.5) is 17.1 Å². The number of para-hydroxylation sites is 4. The van der Waals surface area contributed by atoms with Gasteiger partial charge in [0.15, 0.2) is 0 Å². The molecule has 44 heavy (non-hydrogen) atoms. The maximum atomic E-state index is 2.43. The smallest absolute Gasteiger partial charge is 0.0542 e. The molecule has 0 amide bonds. The monoisotopic (exact) mass is 562 g/mol. The lowest BCUT2D eigenvalue weighted by Crippen LogP contribution is -2.12. The standard InChI is InChI=1S/C42H30N2/c1-4-16-31(17-5-1)35-22-10-13-25-39(35)44(40-26-14-11-23-36(40)32-18-6-2-7-19-32)34-28-29-42-38(30-34)37-24-12-15-27-41(37)43(42)33-20-8-3-9-21-33/h1-30H. The molecule has 0 atom stereocenters. The third-order valence-electron chi connectivity index (χ3n) is 8.39. The van der Waals surface area contributed by atoms with E-state index in [9.17, 15) is 0 Å². The van der Waals surface area contributed by atoms with E-state index in [0.717, 1.165) is 22.7 Å². The molecule has 1 heterocycles. The average Bonchev–Trinajstić information content (AvgIpc) is 3.44. The Bertz CT molecular complexity index is 2130. The summed E-state index contributed by atoms with van der Waals surface area (Å²) in [4.78, 5) is 2.43. The van der Waals surface area contributed by atoms with E-state index in [1.165, 1.54) is 44.1 Å². The van der Waals surface area contributed by atoms with Gasteiger partial charge in [-0.3, -0.25) is 0 Å². The molecule has 0 aliphatic heterocycles. The maximum absolute atomic E-state index is 2.43. The Morgan fingerprint density at radius 1 is 0.364 bits per heavy atom. The summed E-state index contributed by atoms with van der Waals surface area (Å²) in [6.45, 7) is 0. The van der Waals surface area contributed by atoms with Crippen molar-refractivity contribution in [3.05, 3.63) is 182 Å². The quantitative estimate of drug-likeness (QED) is 0.196. The topological polar surface area (TPSA) is 8.17 Å². The molecular weight excluding hydrogens is 532 g/mol. The number of anilines is 3. The first-order valence-corrected chi connectivity index (χ1v) is 15.0. The van der Waals surface area contributed by atoms with E-state index in [1.54, 1.807) is 0 Å². The summed E-state index contributed by atoms with van der Waals surface area (Å²) in [7, 11) is 0. The predicted octanol–water partition coefficient (Wildman–Crippen LogP) is 11.6. The van der Waals surface area contributed by atoms with Crippen LogP contribution in [0.5, 0.6) is 0 Å². The van der Waals surface area contributed by atoms with Crippen molar-refractivity contribution in [3.8, 4) is 27.9 Å². The lowest BCUT2D eigenvalue weighted by Gasteiger charge is -2.30. The van der Waals surface area contributed by atoms with Gasteiger partial charge in [0, 0.05) is 33.3 Å². The predicted molar refractivity (Wildman–Crippen MR) is 186 cm³/mol. The van der Waals surface area contributed by atoms with Gasteiger partial charge in [0.05, 0.1) is 22.4 Å². The van der Waals surface area contributed by atoms with Gasteiger partial charge in [0.1, 0.15) is 0 Å². The highest BCUT2D eigenvalue weighted by Gasteiger charge is 2.22. The van der Waals surface area contributed by atoms with Gasteiger partial charge in [-0.25, -0.2) is 0 Å². The van der Waals surface area contributed by atoms with Crippen LogP contribution in [0.1, 0.15) is 0 Å². The van der Waals surface area contributed by atoms with Gasteiger partial charge in [-0.2, -0.15) is 0 Å². The van der Waals surface area contributed by atoms with Crippen LogP contribution in [0.3, 0.4) is 0 Å². The first kappa shape index (κ1) is 25.8. The van der Waals surface area contributed by atoms with Crippen molar-refractivity contribution >= 4 is 38.9 Å². The Morgan fingerprint density at radius 2 is 0.841 bits per heavy atom. The summed E-state index contributed by atoms with van der Waals surface area (Å²) < 4.78 is 2.37. The molecule has 0 unspecified atom stereocenters. The van der Waals surface area contributed by atoms with Gasteiger partial charge >= 0.3 is 0 Å². The van der Waals surface area contributed by atoms with E-state index in [0.29, 0.717) is 0 Å². The van der Waals surface area contributed by atoms with Crippen molar-refractivity contribution in [3.63, 3.8) is 0 Å². The molecular formula is C42H30N2. The molecule has 2 nitrogen and oxygen atoms in total. The molecule has 7 aromatic carbocycles. The Hall–Kier alpha value is -5.86. The summed E-state index contributed by atoms with van der Waals surface area (Å²) in [5.74, 6) is 0. The fourth-order valence-corrected chi connectivity index (χ4v) is 6.42. The fraction of sp³-hybridized carbons (Fsp3) is 0. The fourth-order valence-electron chi connectivity index (χ4n) is 6.42. The van der Waals surface area contributed by atoms with Crippen molar-refractivity contribution in [2.24, 2.45) is 0 Å². The van der Waals surface area contributed by atoms with E-state index in [4.69, 9.17) is 0 Å². The van der Waals surface area contributed by atoms with Gasteiger partial charge in [-0.1, -0.05) is 133 Å². The average molecular weight is 563 g/mol. The summed E-state index contributed by atoms with van der Waals surface area (Å²) in [6.07, 6.45) is 0. The van der Waals surface area contributed by atoms with Gasteiger partial charge < -0.3 is 9.47 Å². The van der Waals surface area contributed by atoms with Crippen LogP contribution in [0.15, 0.2) is 182 Å². The summed E-state index contributed by atoms with van der Waals surface area (Å²) >= 11 is 0. The minimum Gasteiger partial charge on any atom is -0.309 e. The minimum absolute atomic E-state index is 1.11. The molecule has 0 fully saturated rings. The van der Waals surface area contributed by atoms with Gasteiger partial charge in [-0.15, -0.1) is 0 Å². The molecule has 0 bridgehead atoms. The lowest BCUT2D eigenvalue weighted by atomic mass is 9.98. The molecule has 0 saturated carbocycles.